The quantitative estimate of drug-likeness (QED) is 0.571. The minimum absolute atomic E-state index is 0.220. The Balaban J connectivity index is 2.08. The molecule has 0 radical (unpaired) electrons. The largest absolute Gasteiger partial charge is 0.493 e. The van der Waals surface area contributed by atoms with Crippen LogP contribution in [0, 0.1) is 0 Å². The summed E-state index contributed by atoms with van der Waals surface area (Å²) in [7, 11) is 3.04. The molecule has 0 aromatic heterocycles. The third-order valence-corrected chi connectivity index (χ3v) is 5.23. The van der Waals surface area contributed by atoms with Crippen LogP contribution in [0.5, 0.6) is 17.2 Å². The molecule has 2 aromatic rings. The Morgan fingerprint density at radius 2 is 1.81 bits per heavy atom. The molecule has 166 valence electrons. The SMILES string of the molecule is CCC(C)OC(=O)C(C)(C)Oc1c(-c2ccc3c(c2)COC3=O)ccc(OC)c1OC. The molecule has 1 atom stereocenters. The minimum Gasteiger partial charge on any atom is -0.493 e. The van der Waals surface area contributed by atoms with Crippen molar-refractivity contribution in [1.82, 2.24) is 0 Å². The van der Waals surface area contributed by atoms with Crippen molar-refractivity contribution in [3.63, 3.8) is 0 Å². The van der Waals surface area contributed by atoms with Crippen molar-refractivity contribution in [2.75, 3.05) is 14.2 Å². The number of benzene rings is 2. The van der Waals surface area contributed by atoms with Gasteiger partial charge in [-0.05, 0) is 57.0 Å². The molecular formula is C24H28O7. The molecule has 0 aliphatic carbocycles. The highest BCUT2D eigenvalue weighted by Gasteiger charge is 2.35. The first-order chi connectivity index (χ1) is 14.7. The summed E-state index contributed by atoms with van der Waals surface area (Å²) < 4.78 is 27.8. The lowest BCUT2D eigenvalue weighted by molar-refractivity contribution is -0.164. The van der Waals surface area contributed by atoms with Crippen LogP contribution < -0.4 is 14.2 Å². The van der Waals surface area contributed by atoms with Gasteiger partial charge in [0, 0.05) is 11.1 Å². The van der Waals surface area contributed by atoms with Crippen LogP contribution >= 0.6 is 0 Å². The molecule has 0 bridgehead atoms. The predicted molar refractivity (Wildman–Crippen MR) is 115 cm³/mol. The zero-order chi connectivity index (χ0) is 22.8. The van der Waals surface area contributed by atoms with Crippen LogP contribution in [0.4, 0.5) is 0 Å². The molecule has 31 heavy (non-hydrogen) atoms. The van der Waals surface area contributed by atoms with Gasteiger partial charge in [-0.3, -0.25) is 0 Å². The summed E-state index contributed by atoms with van der Waals surface area (Å²) >= 11 is 0. The van der Waals surface area contributed by atoms with Crippen LogP contribution in [0.3, 0.4) is 0 Å². The van der Waals surface area contributed by atoms with Crippen molar-refractivity contribution in [1.29, 1.82) is 0 Å². The summed E-state index contributed by atoms with van der Waals surface area (Å²) in [6.45, 7) is 7.29. The van der Waals surface area contributed by atoms with E-state index in [1.165, 1.54) is 14.2 Å². The molecule has 1 heterocycles. The van der Waals surface area contributed by atoms with E-state index in [4.69, 9.17) is 23.7 Å². The van der Waals surface area contributed by atoms with Gasteiger partial charge in [-0.1, -0.05) is 13.0 Å². The second kappa shape index (κ2) is 8.88. The average Bonchev–Trinajstić information content (AvgIpc) is 3.12. The van der Waals surface area contributed by atoms with E-state index in [0.29, 0.717) is 34.8 Å². The third kappa shape index (κ3) is 4.45. The van der Waals surface area contributed by atoms with Gasteiger partial charge in [0.2, 0.25) is 5.75 Å². The monoisotopic (exact) mass is 428 g/mol. The number of esters is 2. The Kier molecular flexibility index (Phi) is 6.43. The van der Waals surface area contributed by atoms with Crippen molar-refractivity contribution in [2.24, 2.45) is 0 Å². The number of rotatable bonds is 8. The van der Waals surface area contributed by atoms with Crippen LogP contribution in [-0.2, 0) is 20.9 Å². The number of ether oxygens (including phenoxy) is 5. The predicted octanol–water partition coefficient (Wildman–Crippen LogP) is 4.54. The number of carbonyl (C=O) groups excluding carboxylic acids is 2. The fourth-order valence-electron chi connectivity index (χ4n) is 3.23. The number of methoxy groups -OCH3 is 2. The van der Waals surface area contributed by atoms with Crippen LogP contribution in [0.15, 0.2) is 30.3 Å². The molecule has 3 rings (SSSR count). The van der Waals surface area contributed by atoms with Crippen LogP contribution in [0.25, 0.3) is 11.1 Å². The van der Waals surface area contributed by atoms with E-state index in [1.807, 2.05) is 32.0 Å². The van der Waals surface area contributed by atoms with Crippen molar-refractivity contribution >= 4 is 11.9 Å². The standard InChI is InChI=1S/C24H28O7/c1-7-14(2)30-23(26)24(3,4)31-20-17(10-11-19(27-5)21(20)28-6)15-8-9-18-16(12-15)13-29-22(18)25/h8-12,14H,7,13H2,1-6H3. The van der Waals surface area contributed by atoms with E-state index in [2.05, 4.69) is 0 Å². The first kappa shape index (κ1) is 22.5. The molecule has 1 aliphatic heterocycles. The maximum Gasteiger partial charge on any atom is 0.350 e. The lowest BCUT2D eigenvalue weighted by Crippen LogP contribution is -2.41. The maximum atomic E-state index is 12.8. The summed E-state index contributed by atoms with van der Waals surface area (Å²) in [4.78, 5) is 24.6. The normalized spacial score (nSPS) is 13.8. The van der Waals surface area contributed by atoms with Gasteiger partial charge in [0.05, 0.1) is 25.9 Å². The molecule has 0 fully saturated rings. The Morgan fingerprint density at radius 3 is 2.45 bits per heavy atom. The van der Waals surface area contributed by atoms with Gasteiger partial charge in [-0.15, -0.1) is 0 Å². The second-order valence-electron chi connectivity index (χ2n) is 7.86. The zero-order valence-corrected chi connectivity index (χ0v) is 18.7. The van der Waals surface area contributed by atoms with E-state index in [9.17, 15) is 9.59 Å². The summed E-state index contributed by atoms with van der Waals surface area (Å²) in [6, 6.07) is 9.00. The zero-order valence-electron chi connectivity index (χ0n) is 18.7. The fourth-order valence-corrected chi connectivity index (χ4v) is 3.23. The second-order valence-corrected chi connectivity index (χ2v) is 7.86. The number of hydrogen-bond acceptors (Lipinski definition) is 7. The van der Waals surface area contributed by atoms with Crippen LogP contribution in [0.1, 0.15) is 50.0 Å². The van der Waals surface area contributed by atoms with Gasteiger partial charge in [0.25, 0.3) is 0 Å². The van der Waals surface area contributed by atoms with Gasteiger partial charge in [-0.25, -0.2) is 9.59 Å². The van der Waals surface area contributed by atoms with Gasteiger partial charge in [0.1, 0.15) is 6.61 Å². The number of cyclic esters (lactones) is 1. The lowest BCUT2D eigenvalue weighted by atomic mass is 9.98. The van der Waals surface area contributed by atoms with Gasteiger partial charge in [-0.2, -0.15) is 0 Å². The molecule has 0 N–H and O–H groups in total. The topological polar surface area (TPSA) is 80.3 Å². The number of hydrogen-bond donors (Lipinski definition) is 0. The minimum atomic E-state index is -1.28. The highest BCUT2D eigenvalue weighted by molar-refractivity contribution is 5.94. The van der Waals surface area contributed by atoms with Crippen LogP contribution in [-0.4, -0.2) is 37.9 Å². The van der Waals surface area contributed by atoms with Gasteiger partial charge in [0.15, 0.2) is 17.1 Å². The maximum absolute atomic E-state index is 12.8. The summed E-state index contributed by atoms with van der Waals surface area (Å²) in [6.07, 6.45) is 0.474. The van der Waals surface area contributed by atoms with Crippen molar-refractivity contribution in [3.8, 4) is 28.4 Å². The Labute approximate surface area is 182 Å². The Hall–Kier alpha value is -3.22. The fraction of sp³-hybridized carbons (Fsp3) is 0.417. The third-order valence-electron chi connectivity index (χ3n) is 5.23. The van der Waals surface area contributed by atoms with Crippen molar-refractivity contribution < 1.29 is 33.3 Å². The lowest BCUT2D eigenvalue weighted by Gasteiger charge is -2.28. The smallest absolute Gasteiger partial charge is 0.350 e. The Bertz CT molecular complexity index is 994. The molecule has 1 unspecified atom stereocenters. The first-order valence-corrected chi connectivity index (χ1v) is 10.2. The summed E-state index contributed by atoms with van der Waals surface area (Å²) in [5.74, 6) is 0.354. The molecule has 7 nitrogen and oxygen atoms in total. The highest BCUT2D eigenvalue weighted by atomic mass is 16.6. The van der Waals surface area contributed by atoms with Gasteiger partial charge < -0.3 is 23.7 Å². The van der Waals surface area contributed by atoms with E-state index in [0.717, 1.165) is 11.1 Å². The number of fused-ring (bicyclic) bond motifs is 1. The highest BCUT2D eigenvalue weighted by Crippen LogP contribution is 2.46. The molecule has 2 aromatic carbocycles. The molecule has 0 spiro atoms. The van der Waals surface area contributed by atoms with E-state index >= 15 is 0 Å². The average molecular weight is 428 g/mol. The van der Waals surface area contributed by atoms with Crippen LogP contribution in [0.2, 0.25) is 0 Å². The first-order valence-electron chi connectivity index (χ1n) is 10.2. The molecule has 0 amide bonds. The van der Waals surface area contributed by atoms with E-state index in [-0.39, 0.29) is 18.7 Å². The van der Waals surface area contributed by atoms with E-state index in [1.54, 1.807) is 26.0 Å². The number of carbonyl (C=O) groups is 2. The summed E-state index contributed by atoms with van der Waals surface area (Å²) in [5, 5.41) is 0. The molecular weight excluding hydrogens is 400 g/mol. The van der Waals surface area contributed by atoms with E-state index < -0.39 is 11.6 Å². The Morgan fingerprint density at radius 1 is 1.10 bits per heavy atom. The van der Waals surface area contributed by atoms with Crippen molar-refractivity contribution in [2.45, 2.75) is 52.4 Å². The van der Waals surface area contributed by atoms with Gasteiger partial charge >= 0.3 is 11.9 Å². The molecule has 0 saturated carbocycles. The summed E-state index contributed by atoms with van der Waals surface area (Å²) in [5.41, 5.74) is 1.53. The molecule has 1 aliphatic rings. The molecule has 0 saturated heterocycles. The van der Waals surface area contributed by atoms with Crippen molar-refractivity contribution in [3.05, 3.63) is 41.5 Å². The molecule has 7 heteroatoms.